The molecule has 0 saturated carbocycles. The first kappa shape index (κ1) is 9.84. The lowest BCUT2D eigenvalue weighted by molar-refractivity contribution is 0.0954. The van der Waals surface area contributed by atoms with Gasteiger partial charge in [-0.15, -0.1) is 0 Å². The van der Waals surface area contributed by atoms with Gasteiger partial charge in [0.1, 0.15) is 0 Å². The maximum Gasteiger partial charge on any atom is 0.265 e. The molecule has 0 radical (unpaired) electrons. The largest absolute Gasteiger partial charge is 0.300 e. The molecule has 1 heterocycles. The van der Waals surface area contributed by atoms with Crippen molar-refractivity contribution in [2.75, 3.05) is 5.43 Å². The van der Waals surface area contributed by atoms with Crippen LogP contribution in [0.25, 0.3) is 10.2 Å². The number of amides is 1. The van der Waals surface area contributed by atoms with Gasteiger partial charge in [-0.3, -0.25) is 15.6 Å². The molecule has 1 aromatic heterocycles. The van der Waals surface area contributed by atoms with Gasteiger partial charge in [0.15, 0.2) is 5.13 Å². The summed E-state index contributed by atoms with van der Waals surface area (Å²) >= 11 is 1.37. The summed E-state index contributed by atoms with van der Waals surface area (Å²) in [7, 11) is 0. The minimum absolute atomic E-state index is 0.326. The first-order chi connectivity index (χ1) is 7.24. The minimum Gasteiger partial charge on any atom is -0.300 e. The molecule has 0 unspecified atom stereocenters. The molecule has 0 aliphatic rings. The van der Waals surface area contributed by atoms with E-state index in [2.05, 4.69) is 15.8 Å². The predicted molar refractivity (Wildman–Crippen MR) is 59.1 cm³/mol. The van der Waals surface area contributed by atoms with Crippen LogP contribution in [0.2, 0.25) is 0 Å². The number of hydrogen-bond donors (Lipinski definition) is 4. The van der Waals surface area contributed by atoms with E-state index in [-0.39, 0.29) is 5.91 Å². The van der Waals surface area contributed by atoms with Crippen molar-refractivity contribution in [3.63, 3.8) is 0 Å². The van der Waals surface area contributed by atoms with E-state index in [1.165, 1.54) is 11.3 Å². The average Bonchev–Trinajstić information content (AvgIpc) is 2.69. The van der Waals surface area contributed by atoms with Crippen molar-refractivity contribution in [3.8, 4) is 0 Å². The number of nitrogens with zero attached hydrogens (tertiary/aromatic N) is 1. The van der Waals surface area contributed by atoms with Crippen LogP contribution in [0.5, 0.6) is 0 Å². The minimum atomic E-state index is -0.326. The molecule has 0 saturated heterocycles. The number of hydrazine groups is 2. The Hall–Kier alpha value is -1.70. The topological polar surface area (TPSA) is 106 Å². The molecule has 7 heteroatoms. The van der Waals surface area contributed by atoms with Crippen molar-refractivity contribution < 1.29 is 4.79 Å². The van der Waals surface area contributed by atoms with Crippen LogP contribution >= 0.6 is 11.3 Å². The van der Waals surface area contributed by atoms with Gasteiger partial charge >= 0.3 is 0 Å². The molecule has 2 rings (SSSR count). The van der Waals surface area contributed by atoms with Crippen LogP contribution in [0.15, 0.2) is 18.2 Å². The van der Waals surface area contributed by atoms with Gasteiger partial charge in [0, 0.05) is 5.56 Å². The molecule has 0 bridgehead atoms. The van der Waals surface area contributed by atoms with E-state index in [4.69, 9.17) is 11.7 Å². The highest BCUT2D eigenvalue weighted by atomic mass is 32.1. The molecule has 1 aromatic carbocycles. The fourth-order valence-electron chi connectivity index (χ4n) is 1.21. The molecule has 0 aliphatic heterocycles. The standard InChI is InChI=1S/C8H9N5OS/c9-12-7(14)4-1-2-5-6(3-4)15-8(11-5)13-10/h1-3H,9-10H2,(H,11,13)(H,12,14). The number of aromatic nitrogens is 1. The number of fused-ring (bicyclic) bond motifs is 1. The molecule has 0 atom stereocenters. The lowest BCUT2D eigenvalue weighted by Gasteiger charge is -1.97. The fraction of sp³-hybridized carbons (Fsp3) is 0. The van der Waals surface area contributed by atoms with Gasteiger partial charge in [-0.2, -0.15) is 0 Å². The van der Waals surface area contributed by atoms with Crippen molar-refractivity contribution in [1.82, 2.24) is 10.4 Å². The Bertz CT molecular complexity index is 509. The van der Waals surface area contributed by atoms with E-state index in [1.807, 2.05) is 0 Å². The molecule has 2 aromatic rings. The van der Waals surface area contributed by atoms with Crippen molar-refractivity contribution in [1.29, 1.82) is 0 Å². The smallest absolute Gasteiger partial charge is 0.265 e. The number of thiazole rings is 1. The second-order valence-electron chi connectivity index (χ2n) is 2.82. The van der Waals surface area contributed by atoms with Gasteiger partial charge in [0.05, 0.1) is 10.2 Å². The third kappa shape index (κ3) is 1.75. The third-order valence-corrected chi connectivity index (χ3v) is 2.85. The Kier molecular flexibility index (Phi) is 2.50. The summed E-state index contributed by atoms with van der Waals surface area (Å²) in [6, 6.07) is 5.12. The summed E-state index contributed by atoms with van der Waals surface area (Å²) < 4.78 is 0.879. The van der Waals surface area contributed by atoms with Crippen LogP contribution < -0.4 is 22.5 Å². The van der Waals surface area contributed by atoms with Crippen molar-refractivity contribution in [3.05, 3.63) is 23.8 Å². The number of nitrogens with two attached hydrogens (primary N) is 2. The number of benzene rings is 1. The zero-order valence-electron chi connectivity index (χ0n) is 7.65. The summed E-state index contributed by atoms with van der Waals surface area (Å²) in [5.41, 5.74) is 5.82. The Morgan fingerprint density at radius 1 is 1.40 bits per heavy atom. The molecule has 15 heavy (non-hydrogen) atoms. The van der Waals surface area contributed by atoms with Crippen molar-refractivity contribution >= 4 is 32.6 Å². The number of carbonyl (C=O) groups is 1. The number of nitrogen functional groups attached to an aromatic ring is 2. The van der Waals surface area contributed by atoms with Crippen LogP contribution in [-0.4, -0.2) is 10.9 Å². The van der Waals surface area contributed by atoms with Crippen LogP contribution in [0.4, 0.5) is 5.13 Å². The van der Waals surface area contributed by atoms with Gasteiger partial charge < -0.3 is 0 Å². The predicted octanol–water partition coefficient (Wildman–Crippen LogP) is 0.185. The van der Waals surface area contributed by atoms with Crippen LogP contribution in [0, 0.1) is 0 Å². The Balaban J connectivity index is 2.50. The maximum absolute atomic E-state index is 11.2. The van der Waals surface area contributed by atoms with Crippen LogP contribution in [0.1, 0.15) is 10.4 Å². The van der Waals surface area contributed by atoms with Crippen LogP contribution in [-0.2, 0) is 0 Å². The normalized spacial score (nSPS) is 10.3. The molecule has 0 spiro atoms. The summed E-state index contributed by atoms with van der Waals surface area (Å²) in [6.07, 6.45) is 0. The van der Waals surface area contributed by atoms with Gasteiger partial charge in [0.25, 0.3) is 5.91 Å². The molecular formula is C8H9N5OS. The quantitative estimate of drug-likeness (QED) is 0.330. The summed E-state index contributed by atoms with van der Waals surface area (Å²) in [5.74, 6) is 9.95. The number of hydrogen-bond acceptors (Lipinski definition) is 6. The van der Waals surface area contributed by atoms with Crippen LogP contribution in [0.3, 0.4) is 0 Å². The summed E-state index contributed by atoms with van der Waals surface area (Å²) in [6.45, 7) is 0. The molecule has 78 valence electrons. The highest BCUT2D eigenvalue weighted by Gasteiger charge is 2.07. The number of carbonyl (C=O) groups excluding carboxylic acids is 1. The van der Waals surface area contributed by atoms with E-state index >= 15 is 0 Å². The first-order valence-electron chi connectivity index (χ1n) is 4.12. The maximum atomic E-state index is 11.2. The average molecular weight is 223 g/mol. The van der Waals surface area contributed by atoms with E-state index in [1.54, 1.807) is 18.2 Å². The third-order valence-electron chi connectivity index (χ3n) is 1.91. The lowest BCUT2D eigenvalue weighted by Crippen LogP contribution is -2.29. The Morgan fingerprint density at radius 2 is 2.20 bits per heavy atom. The van der Waals surface area contributed by atoms with Crippen molar-refractivity contribution in [2.24, 2.45) is 11.7 Å². The Morgan fingerprint density at radius 3 is 2.87 bits per heavy atom. The number of nitrogens with one attached hydrogen (secondary N) is 2. The fourth-order valence-corrected chi connectivity index (χ4v) is 2.03. The zero-order chi connectivity index (χ0) is 10.8. The highest BCUT2D eigenvalue weighted by molar-refractivity contribution is 7.22. The van der Waals surface area contributed by atoms with E-state index in [0.717, 1.165) is 10.2 Å². The zero-order valence-corrected chi connectivity index (χ0v) is 8.47. The van der Waals surface area contributed by atoms with Gasteiger partial charge in [-0.1, -0.05) is 11.3 Å². The van der Waals surface area contributed by atoms with Gasteiger partial charge in [-0.25, -0.2) is 16.7 Å². The molecule has 6 nitrogen and oxygen atoms in total. The van der Waals surface area contributed by atoms with Crippen molar-refractivity contribution in [2.45, 2.75) is 0 Å². The molecule has 6 N–H and O–H groups in total. The summed E-state index contributed by atoms with van der Waals surface area (Å²) in [5, 5.41) is 0.607. The second-order valence-corrected chi connectivity index (χ2v) is 3.85. The SMILES string of the molecule is NNC(=O)c1ccc2nc(NN)sc2c1. The molecule has 0 fully saturated rings. The molecular weight excluding hydrogens is 214 g/mol. The second kappa shape index (κ2) is 3.81. The van der Waals surface area contributed by atoms with E-state index in [9.17, 15) is 4.79 Å². The molecule has 0 aliphatic carbocycles. The highest BCUT2D eigenvalue weighted by Crippen LogP contribution is 2.25. The number of anilines is 1. The summed E-state index contributed by atoms with van der Waals surface area (Å²) in [4.78, 5) is 15.4. The monoisotopic (exact) mass is 223 g/mol. The van der Waals surface area contributed by atoms with E-state index in [0.29, 0.717) is 10.7 Å². The molecule has 1 amide bonds. The number of rotatable bonds is 2. The first-order valence-corrected chi connectivity index (χ1v) is 4.94. The van der Waals surface area contributed by atoms with E-state index < -0.39 is 0 Å². The Labute approximate surface area is 89.2 Å². The van der Waals surface area contributed by atoms with Gasteiger partial charge in [0.2, 0.25) is 0 Å². The van der Waals surface area contributed by atoms with Gasteiger partial charge in [-0.05, 0) is 18.2 Å². The lowest BCUT2D eigenvalue weighted by atomic mass is 10.2.